The van der Waals surface area contributed by atoms with Gasteiger partial charge in [-0.3, -0.25) is 9.59 Å². The van der Waals surface area contributed by atoms with Gasteiger partial charge in [-0.05, 0) is 30.7 Å². The molecule has 0 spiro atoms. The Labute approximate surface area is 150 Å². The minimum absolute atomic E-state index is 0.0482. The second-order valence-electron chi connectivity index (χ2n) is 5.76. The summed E-state index contributed by atoms with van der Waals surface area (Å²) in [5.74, 6) is -0.0891. The Kier molecular flexibility index (Phi) is 5.19. The number of benzene rings is 2. The van der Waals surface area contributed by atoms with Gasteiger partial charge in [-0.25, -0.2) is 0 Å². The van der Waals surface area contributed by atoms with E-state index in [1.165, 1.54) is 0 Å². The van der Waals surface area contributed by atoms with Gasteiger partial charge in [0.1, 0.15) is 16.9 Å². The van der Waals surface area contributed by atoms with E-state index in [2.05, 4.69) is 5.32 Å². The summed E-state index contributed by atoms with van der Waals surface area (Å²) >= 11 is 6.10. The van der Waals surface area contributed by atoms with Gasteiger partial charge in [-0.2, -0.15) is 0 Å². The zero-order chi connectivity index (χ0) is 17.8. The minimum Gasteiger partial charge on any atom is -0.460 e. The first-order valence-electron chi connectivity index (χ1n) is 8.22. The van der Waals surface area contributed by atoms with Crippen molar-refractivity contribution in [2.45, 2.75) is 26.2 Å². The fourth-order valence-corrected chi connectivity index (χ4v) is 2.86. The second kappa shape index (κ2) is 7.53. The molecule has 0 unspecified atom stereocenters. The predicted octanol–water partition coefficient (Wildman–Crippen LogP) is 5.04. The van der Waals surface area contributed by atoms with Crippen molar-refractivity contribution in [1.29, 1.82) is 0 Å². The summed E-state index contributed by atoms with van der Waals surface area (Å²) in [6.45, 7) is 2.04. The Morgan fingerprint density at radius 2 is 1.84 bits per heavy atom. The minimum atomic E-state index is -0.501. The molecule has 1 amide bonds. The Hall–Kier alpha value is -2.59. The summed E-state index contributed by atoms with van der Waals surface area (Å²) in [5.41, 5.74) is 0.681. The summed E-state index contributed by atoms with van der Waals surface area (Å²) in [6, 6.07) is 13.9. The summed E-state index contributed by atoms with van der Waals surface area (Å²) < 4.78 is 5.87. The van der Waals surface area contributed by atoms with Gasteiger partial charge < -0.3 is 9.73 Å². The van der Waals surface area contributed by atoms with E-state index >= 15 is 0 Å². The molecule has 0 atom stereocenters. The molecule has 0 saturated carbocycles. The summed E-state index contributed by atoms with van der Waals surface area (Å²) in [4.78, 5) is 25.7. The van der Waals surface area contributed by atoms with Crippen molar-refractivity contribution >= 4 is 34.2 Å². The highest BCUT2D eigenvalue weighted by molar-refractivity contribution is 6.33. The maximum atomic E-state index is 12.9. The highest BCUT2D eigenvalue weighted by atomic mass is 35.5. The van der Waals surface area contributed by atoms with Gasteiger partial charge >= 0.3 is 0 Å². The topological polar surface area (TPSA) is 59.3 Å². The third-order valence-electron chi connectivity index (χ3n) is 3.98. The quantitative estimate of drug-likeness (QED) is 0.697. The number of unbranched alkanes of at least 4 members (excludes halogenated alkanes) is 1. The molecule has 0 aliphatic rings. The predicted molar refractivity (Wildman–Crippen MR) is 101 cm³/mol. The Morgan fingerprint density at radius 3 is 2.60 bits per heavy atom. The number of halogens is 1. The Bertz CT molecular complexity index is 978. The van der Waals surface area contributed by atoms with Crippen molar-refractivity contribution in [1.82, 2.24) is 0 Å². The SMILES string of the molecule is CCCCc1oc2ccccc2c(=O)c1C(=O)Nc1ccccc1Cl. The zero-order valence-corrected chi connectivity index (χ0v) is 14.6. The van der Waals surface area contributed by atoms with E-state index in [4.69, 9.17) is 16.0 Å². The molecule has 0 bridgehead atoms. The standard InChI is InChI=1S/C20H18ClNO3/c1-2-3-11-17-18(19(23)13-8-4-7-12-16(13)25-17)20(24)22-15-10-6-5-9-14(15)21/h4-10,12H,2-3,11H2,1H3,(H,22,24). The van der Waals surface area contributed by atoms with Crippen LogP contribution in [0.3, 0.4) is 0 Å². The van der Waals surface area contributed by atoms with E-state index in [9.17, 15) is 9.59 Å². The summed E-state index contributed by atoms with van der Waals surface area (Å²) in [6.07, 6.45) is 2.29. The van der Waals surface area contributed by atoms with Gasteiger partial charge in [0.2, 0.25) is 5.43 Å². The van der Waals surface area contributed by atoms with E-state index in [0.717, 1.165) is 12.8 Å². The lowest BCUT2D eigenvalue weighted by molar-refractivity contribution is 0.102. The van der Waals surface area contributed by atoms with Crippen LogP contribution in [-0.4, -0.2) is 5.91 Å². The lowest BCUT2D eigenvalue weighted by Gasteiger charge is -2.11. The van der Waals surface area contributed by atoms with E-state index in [0.29, 0.717) is 33.9 Å². The van der Waals surface area contributed by atoms with Crippen LogP contribution in [0.5, 0.6) is 0 Å². The first kappa shape index (κ1) is 17.2. The van der Waals surface area contributed by atoms with E-state index in [1.807, 2.05) is 6.92 Å². The molecule has 0 saturated heterocycles. The van der Waals surface area contributed by atoms with Crippen molar-refractivity contribution in [3.8, 4) is 0 Å². The normalized spacial score (nSPS) is 10.8. The molecule has 3 aromatic rings. The number of carbonyl (C=O) groups is 1. The van der Waals surface area contributed by atoms with Gasteiger partial charge in [0.25, 0.3) is 5.91 Å². The molecule has 1 N–H and O–H groups in total. The molecule has 1 aromatic heterocycles. The van der Waals surface area contributed by atoms with Crippen LogP contribution in [0.2, 0.25) is 5.02 Å². The Balaban J connectivity index is 2.09. The molecule has 25 heavy (non-hydrogen) atoms. The molecular formula is C20H18ClNO3. The maximum Gasteiger partial charge on any atom is 0.263 e. The summed E-state index contributed by atoms with van der Waals surface area (Å²) in [5, 5.41) is 3.53. The molecule has 3 rings (SSSR count). The lowest BCUT2D eigenvalue weighted by Crippen LogP contribution is -2.24. The van der Waals surface area contributed by atoms with Crippen LogP contribution in [-0.2, 0) is 6.42 Å². The lowest BCUT2D eigenvalue weighted by atomic mass is 10.1. The average Bonchev–Trinajstić information content (AvgIpc) is 2.62. The molecular weight excluding hydrogens is 338 g/mol. The fourth-order valence-electron chi connectivity index (χ4n) is 2.68. The number of hydrogen-bond acceptors (Lipinski definition) is 3. The fraction of sp³-hybridized carbons (Fsp3) is 0.200. The molecule has 0 aliphatic heterocycles. The largest absolute Gasteiger partial charge is 0.460 e. The molecule has 1 heterocycles. The van der Waals surface area contributed by atoms with Crippen LogP contribution in [0.25, 0.3) is 11.0 Å². The number of nitrogens with one attached hydrogen (secondary N) is 1. The van der Waals surface area contributed by atoms with Crippen LogP contribution >= 0.6 is 11.6 Å². The monoisotopic (exact) mass is 355 g/mol. The highest BCUT2D eigenvalue weighted by Gasteiger charge is 2.21. The van der Waals surface area contributed by atoms with Crippen molar-refractivity contribution in [3.05, 3.63) is 75.1 Å². The van der Waals surface area contributed by atoms with Gasteiger partial charge in [-0.1, -0.05) is 49.2 Å². The van der Waals surface area contributed by atoms with Crippen LogP contribution in [0.15, 0.2) is 57.7 Å². The first-order valence-corrected chi connectivity index (χ1v) is 8.60. The van der Waals surface area contributed by atoms with Gasteiger partial charge in [0.05, 0.1) is 16.1 Å². The van der Waals surface area contributed by atoms with Crippen molar-refractivity contribution < 1.29 is 9.21 Å². The van der Waals surface area contributed by atoms with E-state index < -0.39 is 5.91 Å². The van der Waals surface area contributed by atoms with Crippen molar-refractivity contribution in [2.24, 2.45) is 0 Å². The molecule has 4 nitrogen and oxygen atoms in total. The molecule has 5 heteroatoms. The summed E-state index contributed by atoms with van der Waals surface area (Å²) in [7, 11) is 0. The van der Waals surface area contributed by atoms with Crippen LogP contribution in [0, 0.1) is 0 Å². The molecule has 128 valence electrons. The third kappa shape index (κ3) is 3.59. The molecule has 0 aliphatic carbocycles. The van der Waals surface area contributed by atoms with Crippen LogP contribution in [0.1, 0.15) is 35.9 Å². The molecule has 2 aromatic carbocycles. The number of rotatable bonds is 5. The average molecular weight is 356 g/mol. The van der Waals surface area contributed by atoms with E-state index in [-0.39, 0.29) is 11.0 Å². The van der Waals surface area contributed by atoms with Gasteiger partial charge in [-0.15, -0.1) is 0 Å². The second-order valence-corrected chi connectivity index (χ2v) is 6.17. The smallest absolute Gasteiger partial charge is 0.263 e. The van der Waals surface area contributed by atoms with Crippen molar-refractivity contribution in [3.63, 3.8) is 0 Å². The number of anilines is 1. The Morgan fingerprint density at radius 1 is 1.12 bits per heavy atom. The third-order valence-corrected chi connectivity index (χ3v) is 4.31. The van der Waals surface area contributed by atoms with Crippen LogP contribution in [0.4, 0.5) is 5.69 Å². The van der Waals surface area contributed by atoms with Crippen LogP contribution < -0.4 is 10.7 Å². The highest BCUT2D eigenvalue weighted by Crippen LogP contribution is 2.23. The number of carbonyl (C=O) groups excluding carboxylic acids is 1. The maximum absolute atomic E-state index is 12.9. The number of aryl methyl sites for hydroxylation is 1. The number of amides is 1. The number of para-hydroxylation sites is 2. The molecule has 0 fully saturated rings. The number of fused-ring (bicyclic) bond motifs is 1. The zero-order valence-electron chi connectivity index (χ0n) is 13.8. The van der Waals surface area contributed by atoms with Crippen molar-refractivity contribution in [2.75, 3.05) is 5.32 Å². The van der Waals surface area contributed by atoms with Gasteiger partial charge in [0.15, 0.2) is 0 Å². The molecule has 0 radical (unpaired) electrons. The first-order chi connectivity index (χ1) is 12.1. The number of hydrogen-bond donors (Lipinski definition) is 1. The van der Waals surface area contributed by atoms with Gasteiger partial charge in [0, 0.05) is 6.42 Å². The van der Waals surface area contributed by atoms with E-state index in [1.54, 1.807) is 48.5 Å².